The van der Waals surface area contributed by atoms with Crippen LogP contribution in [-0.2, 0) is 6.18 Å². The first-order valence-corrected chi connectivity index (χ1v) is 12.4. The Morgan fingerprint density at radius 3 is 2.41 bits per heavy atom. The molecule has 39 heavy (non-hydrogen) atoms. The zero-order valence-electron chi connectivity index (χ0n) is 21.4. The molecule has 8 nitrogen and oxygen atoms in total. The summed E-state index contributed by atoms with van der Waals surface area (Å²) in [6.07, 6.45) is -1.41. The number of benzene rings is 2. The van der Waals surface area contributed by atoms with Crippen molar-refractivity contribution in [1.82, 2.24) is 14.9 Å². The molecule has 1 aliphatic rings. The lowest BCUT2D eigenvalue weighted by molar-refractivity contribution is -0.137. The minimum atomic E-state index is -4.60. The summed E-state index contributed by atoms with van der Waals surface area (Å²) in [6, 6.07) is 11.9. The number of carbonyl (C=O) groups is 2. The van der Waals surface area contributed by atoms with Gasteiger partial charge in [-0.1, -0.05) is 6.07 Å². The van der Waals surface area contributed by atoms with Gasteiger partial charge in [0.1, 0.15) is 5.65 Å². The van der Waals surface area contributed by atoms with E-state index in [9.17, 15) is 22.8 Å². The van der Waals surface area contributed by atoms with Gasteiger partial charge in [0, 0.05) is 66.6 Å². The Morgan fingerprint density at radius 1 is 0.923 bits per heavy atom. The van der Waals surface area contributed by atoms with Crippen LogP contribution < -0.4 is 15.5 Å². The van der Waals surface area contributed by atoms with E-state index in [2.05, 4.69) is 25.5 Å². The van der Waals surface area contributed by atoms with Gasteiger partial charge < -0.3 is 25.4 Å². The maximum absolute atomic E-state index is 13.7. The molecule has 202 valence electrons. The van der Waals surface area contributed by atoms with Crippen LogP contribution in [0.5, 0.6) is 0 Å². The number of nitrogens with one attached hydrogen (secondary N) is 3. The van der Waals surface area contributed by atoms with Crippen molar-refractivity contribution in [3.8, 4) is 0 Å². The monoisotopic (exact) mass is 536 g/mol. The number of amides is 2. The van der Waals surface area contributed by atoms with E-state index < -0.39 is 17.6 Å². The second kappa shape index (κ2) is 10.4. The number of piperazine rings is 1. The number of H-pyrrole nitrogens is 1. The van der Waals surface area contributed by atoms with E-state index in [1.54, 1.807) is 37.4 Å². The zero-order chi connectivity index (χ0) is 27.7. The summed E-state index contributed by atoms with van der Waals surface area (Å²) in [7, 11) is 1.96. The Morgan fingerprint density at radius 2 is 1.67 bits per heavy atom. The fourth-order valence-corrected chi connectivity index (χ4v) is 4.45. The fourth-order valence-electron chi connectivity index (χ4n) is 4.45. The maximum atomic E-state index is 13.7. The van der Waals surface area contributed by atoms with E-state index in [-0.39, 0.29) is 11.5 Å². The van der Waals surface area contributed by atoms with E-state index in [1.165, 1.54) is 12.3 Å². The number of nitrogens with zero attached hydrogens (tertiary/aromatic N) is 3. The number of likely N-dealkylation sites (N-methyl/N-ethyl adjacent to an activating group) is 1. The highest BCUT2D eigenvalue weighted by atomic mass is 19.4. The van der Waals surface area contributed by atoms with Gasteiger partial charge in [0.15, 0.2) is 0 Å². The average Bonchev–Trinajstić information content (AvgIpc) is 3.38. The highest BCUT2D eigenvalue weighted by Crippen LogP contribution is 2.34. The number of anilines is 3. The number of aryl methyl sites for hydroxylation is 1. The Balaban J connectivity index is 1.36. The summed E-state index contributed by atoms with van der Waals surface area (Å²) in [5.74, 6) is -1.06. The molecule has 2 aromatic carbocycles. The summed E-state index contributed by atoms with van der Waals surface area (Å²) in [4.78, 5) is 37.1. The largest absolute Gasteiger partial charge is 0.416 e. The number of aromatic nitrogens is 2. The zero-order valence-corrected chi connectivity index (χ0v) is 21.4. The molecule has 0 saturated carbocycles. The van der Waals surface area contributed by atoms with Gasteiger partial charge in [-0.3, -0.25) is 9.59 Å². The predicted molar refractivity (Wildman–Crippen MR) is 144 cm³/mol. The molecular weight excluding hydrogens is 509 g/mol. The van der Waals surface area contributed by atoms with Crippen LogP contribution in [0.15, 0.2) is 60.9 Å². The van der Waals surface area contributed by atoms with Crippen LogP contribution in [-0.4, -0.2) is 59.9 Å². The van der Waals surface area contributed by atoms with Crippen molar-refractivity contribution >= 4 is 39.9 Å². The SMILES string of the molecule is Cc1ccc(NC(=O)c2cc(N3CCN(C)CC3)cc(C(F)(F)F)c2)cc1NC(=O)c1cnc2[nH]ccc2c1. The minimum Gasteiger partial charge on any atom is -0.369 e. The van der Waals surface area contributed by atoms with E-state index >= 15 is 0 Å². The van der Waals surface area contributed by atoms with Crippen molar-refractivity contribution in [3.05, 3.63) is 83.2 Å². The first-order valence-electron chi connectivity index (χ1n) is 12.4. The van der Waals surface area contributed by atoms with Gasteiger partial charge in [0.05, 0.1) is 11.1 Å². The average molecular weight is 537 g/mol. The van der Waals surface area contributed by atoms with Crippen LogP contribution in [0, 0.1) is 6.92 Å². The molecule has 0 bridgehead atoms. The number of pyridine rings is 1. The molecular formula is C28H27F3N6O2. The van der Waals surface area contributed by atoms with E-state index in [0.29, 0.717) is 54.5 Å². The van der Waals surface area contributed by atoms with Crippen LogP contribution in [0.4, 0.5) is 30.2 Å². The first kappa shape index (κ1) is 26.2. The van der Waals surface area contributed by atoms with Crippen molar-refractivity contribution in [2.75, 3.05) is 48.8 Å². The van der Waals surface area contributed by atoms with E-state index in [4.69, 9.17) is 0 Å². The van der Waals surface area contributed by atoms with Crippen molar-refractivity contribution in [1.29, 1.82) is 0 Å². The predicted octanol–water partition coefficient (Wildman–Crippen LogP) is 5.15. The molecule has 0 aliphatic carbocycles. The van der Waals surface area contributed by atoms with Crippen molar-refractivity contribution < 1.29 is 22.8 Å². The molecule has 2 aromatic heterocycles. The second-order valence-corrected chi connectivity index (χ2v) is 9.63. The summed E-state index contributed by atoms with van der Waals surface area (Å²) in [5, 5.41) is 6.29. The van der Waals surface area contributed by atoms with Gasteiger partial charge in [-0.2, -0.15) is 13.2 Å². The minimum absolute atomic E-state index is 0.101. The highest BCUT2D eigenvalue weighted by Gasteiger charge is 2.32. The molecule has 3 heterocycles. The number of alkyl halides is 3. The number of carbonyl (C=O) groups excluding carboxylic acids is 2. The lowest BCUT2D eigenvalue weighted by atomic mass is 10.1. The molecule has 3 N–H and O–H groups in total. The normalized spacial score (nSPS) is 14.4. The fraction of sp³-hybridized carbons (Fsp3) is 0.250. The molecule has 1 saturated heterocycles. The third kappa shape index (κ3) is 5.88. The quantitative estimate of drug-likeness (QED) is 0.328. The lowest BCUT2D eigenvalue weighted by Gasteiger charge is -2.34. The smallest absolute Gasteiger partial charge is 0.369 e. The molecule has 0 unspecified atom stereocenters. The molecule has 11 heteroatoms. The van der Waals surface area contributed by atoms with Gasteiger partial charge in [-0.15, -0.1) is 0 Å². The van der Waals surface area contributed by atoms with Crippen molar-refractivity contribution in [3.63, 3.8) is 0 Å². The van der Waals surface area contributed by atoms with Crippen LogP contribution in [0.25, 0.3) is 11.0 Å². The standard InChI is InChI=1S/C28H27F3N6O2/c1-17-3-4-22(15-24(17)35-27(39)20-11-18-5-6-32-25(18)33-16-20)34-26(38)19-12-21(28(29,30)31)14-23(13-19)37-9-7-36(2)8-10-37/h3-6,11-16H,7-10H2,1-2H3,(H,32,33)(H,34,38)(H,35,39). The van der Waals surface area contributed by atoms with E-state index in [0.717, 1.165) is 23.1 Å². The van der Waals surface area contributed by atoms with Crippen molar-refractivity contribution in [2.24, 2.45) is 0 Å². The second-order valence-electron chi connectivity index (χ2n) is 9.63. The molecule has 1 fully saturated rings. The number of aromatic amines is 1. The van der Waals surface area contributed by atoms with Gasteiger partial charge >= 0.3 is 6.18 Å². The third-order valence-electron chi connectivity index (χ3n) is 6.78. The number of fused-ring (bicyclic) bond motifs is 1. The van der Waals surface area contributed by atoms with E-state index in [1.807, 2.05) is 18.0 Å². The van der Waals surface area contributed by atoms with Gasteiger partial charge in [0.2, 0.25) is 0 Å². The molecule has 0 radical (unpaired) electrons. The third-order valence-corrected chi connectivity index (χ3v) is 6.78. The first-order chi connectivity index (χ1) is 18.6. The van der Waals surface area contributed by atoms with Crippen LogP contribution >= 0.6 is 0 Å². The van der Waals surface area contributed by atoms with Gasteiger partial charge in [0.25, 0.3) is 11.8 Å². The van der Waals surface area contributed by atoms with Crippen LogP contribution in [0.2, 0.25) is 0 Å². The molecule has 5 rings (SSSR count). The molecule has 0 spiro atoms. The highest BCUT2D eigenvalue weighted by molar-refractivity contribution is 6.07. The van der Waals surface area contributed by atoms with Gasteiger partial charge in [-0.25, -0.2) is 4.98 Å². The molecule has 4 aromatic rings. The molecule has 2 amide bonds. The van der Waals surface area contributed by atoms with Crippen molar-refractivity contribution in [2.45, 2.75) is 13.1 Å². The summed E-state index contributed by atoms with van der Waals surface area (Å²) >= 11 is 0. The Bertz CT molecular complexity index is 1540. The lowest BCUT2D eigenvalue weighted by Crippen LogP contribution is -2.44. The Kier molecular flexibility index (Phi) is 7.00. The number of hydrogen-bond acceptors (Lipinski definition) is 5. The van der Waals surface area contributed by atoms with Gasteiger partial charge in [-0.05, 0) is 62.0 Å². The summed E-state index contributed by atoms with van der Waals surface area (Å²) in [5.41, 5.74) is 1.92. The maximum Gasteiger partial charge on any atom is 0.416 e. The van der Waals surface area contributed by atoms with Crippen LogP contribution in [0.3, 0.4) is 0 Å². The number of halogens is 3. The molecule has 1 aliphatic heterocycles. The van der Waals surface area contributed by atoms with Crippen LogP contribution in [0.1, 0.15) is 31.8 Å². The summed E-state index contributed by atoms with van der Waals surface area (Å²) < 4.78 is 41.1. The number of hydrogen-bond donors (Lipinski definition) is 3. The molecule has 0 atom stereocenters. The Labute approximate surface area is 222 Å². The topological polar surface area (TPSA) is 93.4 Å². The number of rotatable bonds is 5. The summed E-state index contributed by atoms with van der Waals surface area (Å²) in [6.45, 7) is 4.35. The Hall–Kier alpha value is -4.38.